The van der Waals surface area contributed by atoms with Gasteiger partial charge in [-0.25, -0.2) is 4.79 Å². The van der Waals surface area contributed by atoms with Crippen molar-refractivity contribution < 1.29 is 14.3 Å². The molecular weight excluding hydrogens is 351 g/mol. The normalized spacial score (nSPS) is 15.9. The summed E-state index contributed by atoms with van der Waals surface area (Å²) in [5.41, 5.74) is -0.0746. The molecule has 0 atom stereocenters. The van der Waals surface area contributed by atoms with Gasteiger partial charge in [-0.2, -0.15) is 0 Å². The molecule has 1 aromatic carbocycles. The first-order valence-electron chi connectivity index (χ1n) is 7.89. The van der Waals surface area contributed by atoms with E-state index in [0.717, 1.165) is 0 Å². The van der Waals surface area contributed by atoms with E-state index in [9.17, 15) is 9.59 Å². The lowest BCUT2D eigenvalue weighted by Crippen LogP contribution is -2.40. The third-order valence-corrected chi connectivity index (χ3v) is 3.98. The highest BCUT2D eigenvalue weighted by Crippen LogP contribution is 2.21. The van der Waals surface area contributed by atoms with E-state index < -0.39 is 5.60 Å². The lowest BCUT2D eigenvalue weighted by molar-refractivity contribution is 0.0255. The summed E-state index contributed by atoms with van der Waals surface area (Å²) in [6, 6.07) is 4.80. The summed E-state index contributed by atoms with van der Waals surface area (Å²) in [5, 5.41) is 0.854. The molecule has 0 aromatic heterocycles. The molecule has 5 nitrogen and oxygen atoms in total. The van der Waals surface area contributed by atoms with Gasteiger partial charge >= 0.3 is 6.09 Å². The van der Waals surface area contributed by atoms with Gasteiger partial charge in [0.05, 0.1) is 0 Å². The van der Waals surface area contributed by atoms with Crippen molar-refractivity contribution in [3.63, 3.8) is 0 Å². The number of carbonyl (C=O) groups excluding carboxylic acids is 2. The average Bonchev–Trinajstić information content (AvgIpc) is 2.69. The van der Waals surface area contributed by atoms with Crippen molar-refractivity contribution in [3.8, 4) is 0 Å². The molecule has 1 aliphatic rings. The Labute approximate surface area is 152 Å². The first kappa shape index (κ1) is 18.9. The summed E-state index contributed by atoms with van der Waals surface area (Å²) in [4.78, 5) is 28.2. The van der Waals surface area contributed by atoms with Crippen LogP contribution in [0, 0.1) is 0 Å². The summed E-state index contributed by atoms with van der Waals surface area (Å²) in [6.45, 7) is 7.53. The summed E-state index contributed by atoms with van der Waals surface area (Å²) in [6.07, 6.45) is 0.349. The first-order chi connectivity index (χ1) is 11.2. The quantitative estimate of drug-likeness (QED) is 0.746. The molecule has 0 N–H and O–H groups in total. The maximum atomic E-state index is 12.6. The Bertz CT molecular complexity index is 609. The van der Waals surface area contributed by atoms with Gasteiger partial charge < -0.3 is 14.5 Å². The molecule has 1 saturated heterocycles. The van der Waals surface area contributed by atoms with E-state index in [4.69, 9.17) is 27.9 Å². The predicted molar refractivity (Wildman–Crippen MR) is 94.8 cm³/mol. The van der Waals surface area contributed by atoms with Gasteiger partial charge in [0.25, 0.3) is 5.91 Å². The highest BCUT2D eigenvalue weighted by Gasteiger charge is 2.26. The number of benzene rings is 1. The van der Waals surface area contributed by atoms with Gasteiger partial charge in [0, 0.05) is 41.8 Å². The van der Waals surface area contributed by atoms with Crippen LogP contribution in [-0.4, -0.2) is 53.6 Å². The minimum absolute atomic E-state index is 0.134. The number of nitrogens with zero attached hydrogens (tertiary/aromatic N) is 2. The Morgan fingerprint density at radius 3 is 2.08 bits per heavy atom. The van der Waals surface area contributed by atoms with Crippen molar-refractivity contribution in [2.75, 3.05) is 26.2 Å². The van der Waals surface area contributed by atoms with Crippen LogP contribution in [0.4, 0.5) is 4.79 Å². The third-order valence-electron chi connectivity index (χ3n) is 3.54. The molecule has 7 heteroatoms. The highest BCUT2D eigenvalue weighted by molar-refractivity contribution is 6.35. The molecule has 1 aromatic rings. The fourth-order valence-electron chi connectivity index (χ4n) is 2.49. The first-order valence-corrected chi connectivity index (χ1v) is 8.64. The van der Waals surface area contributed by atoms with E-state index in [-0.39, 0.29) is 12.0 Å². The van der Waals surface area contributed by atoms with Gasteiger partial charge in [0.1, 0.15) is 5.60 Å². The standard InChI is InChI=1S/C17H22Cl2N2O3/c1-17(2,3)24-16(23)21-6-4-5-20(7-8-21)15(22)12-9-13(18)11-14(19)10-12/h9-11H,4-8H2,1-3H3. The maximum Gasteiger partial charge on any atom is 0.410 e. The number of rotatable bonds is 1. The van der Waals surface area contributed by atoms with Crippen LogP contribution in [-0.2, 0) is 4.74 Å². The molecule has 0 bridgehead atoms. The van der Waals surface area contributed by atoms with Crippen LogP contribution >= 0.6 is 23.2 Å². The van der Waals surface area contributed by atoms with Crippen molar-refractivity contribution in [3.05, 3.63) is 33.8 Å². The zero-order valence-corrected chi connectivity index (χ0v) is 15.7. The van der Waals surface area contributed by atoms with Gasteiger partial charge in [-0.15, -0.1) is 0 Å². The van der Waals surface area contributed by atoms with Crippen LogP contribution in [0.15, 0.2) is 18.2 Å². The Hall–Kier alpha value is -1.46. The van der Waals surface area contributed by atoms with Crippen LogP contribution in [0.25, 0.3) is 0 Å². The van der Waals surface area contributed by atoms with E-state index >= 15 is 0 Å². The molecule has 2 amide bonds. The number of hydrogen-bond donors (Lipinski definition) is 0. The summed E-state index contributed by atoms with van der Waals surface area (Å²) < 4.78 is 5.39. The Morgan fingerprint density at radius 2 is 1.50 bits per heavy atom. The lowest BCUT2D eigenvalue weighted by atomic mass is 10.2. The molecule has 132 valence electrons. The minimum atomic E-state index is -0.531. The Kier molecular flexibility index (Phi) is 5.99. The molecular formula is C17H22Cl2N2O3. The van der Waals surface area contributed by atoms with Gasteiger partial charge in [-0.05, 0) is 45.4 Å². The summed E-state index contributed by atoms with van der Waals surface area (Å²) in [5.74, 6) is -0.134. The molecule has 0 saturated carbocycles. The van der Waals surface area contributed by atoms with Crippen LogP contribution in [0.5, 0.6) is 0 Å². The second kappa shape index (κ2) is 7.62. The molecule has 1 aliphatic heterocycles. The van der Waals surface area contributed by atoms with Gasteiger partial charge in [-0.3, -0.25) is 4.79 Å². The van der Waals surface area contributed by atoms with Crippen molar-refractivity contribution >= 4 is 35.2 Å². The number of amides is 2. The highest BCUT2D eigenvalue weighted by atomic mass is 35.5. The van der Waals surface area contributed by atoms with Crippen molar-refractivity contribution in [1.82, 2.24) is 9.80 Å². The number of hydrogen-bond acceptors (Lipinski definition) is 3. The maximum absolute atomic E-state index is 12.6. The number of carbonyl (C=O) groups is 2. The second-order valence-corrected chi connectivity index (χ2v) is 7.64. The monoisotopic (exact) mass is 372 g/mol. The van der Waals surface area contributed by atoms with Crippen LogP contribution in [0.1, 0.15) is 37.6 Å². The van der Waals surface area contributed by atoms with E-state index in [1.807, 2.05) is 20.8 Å². The minimum Gasteiger partial charge on any atom is -0.444 e. The summed E-state index contributed by atoms with van der Waals surface area (Å²) >= 11 is 11.9. The molecule has 24 heavy (non-hydrogen) atoms. The van der Waals surface area contributed by atoms with E-state index in [1.54, 1.807) is 28.0 Å². The van der Waals surface area contributed by atoms with Gasteiger partial charge in [-0.1, -0.05) is 23.2 Å². The zero-order valence-electron chi connectivity index (χ0n) is 14.1. The molecule has 1 fully saturated rings. The lowest BCUT2D eigenvalue weighted by Gasteiger charge is -2.26. The van der Waals surface area contributed by atoms with Gasteiger partial charge in [0.15, 0.2) is 0 Å². The molecule has 0 unspecified atom stereocenters. The molecule has 0 spiro atoms. The fraction of sp³-hybridized carbons (Fsp3) is 0.529. The number of halogens is 2. The summed E-state index contributed by atoms with van der Waals surface area (Å²) in [7, 11) is 0. The fourth-order valence-corrected chi connectivity index (χ4v) is 3.02. The van der Waals surface area contributed by atoms with Gasteiger partial charge in [0.2, 0.25) is 0 Å². The smallest absolute Gasteiger partial charge is 0.410 e. The van der Waals surface area contributed by atoms with Crippen LogP contribution in [0.3, 0.4) is 0 Å². The van der Waals surface area contributed by atoms with Crippen LogP contribution in [0.2, 0.25) is 10.0 Å². The second-order valence-electron chi connectivity index (χ2n) is 6.77. The Morgan fingerprint density at radius 1 is 0.958 bits per heavy atom. The molecule has 0 radical (unpaired) electrons. The topological polar surface area (TPSA) is 49.9 Å². The van der Waals surface area contributed by atoms with Crippen molar-refractivity contribution in [1.29, 1.82) is 0 Å². The molecule has 2 rings (SSSR count). The van der Waals surface area contributed by atoms with Crippen molar-refractivity contribution in [2.45, 2.75) is 32.8 Å². The largest absolute Gasteiger partial charge is 0.444 e. The molecule has 1 heterocycles. The van der Waals surface area contributed by atoms with E-state index in [0.29, 0.717) is 48.2 Å². The SMILES string of the molecule is CC(C)(C)OC(=O)N1CCCN(C(=O)c2cc(Cl)cc(Cl)c2)CC1. The third kappa shape index (κ3) is 5.28. The van der Waals surface area contributed by atoms with Crippen molar-refractivity contribution in [2.24, 2.45) is 0 Å². The van der Waals surface area contributed by atoms with E-state index in [2.05, 4.69) is 0 Å². The molecule has 0 aliphatic carbocycles. The Balaban J connectivity index is 2.02. The average molecular weight is 373 g/mol. The van der Waals surface area contributed by atoms with E-state index in [1.165, 1.54) is 0 Å². The number of ether oxygens (including phenoxy) is 1. The zero-order chi connectivity index (χ0) is 17.9. The predicted octanol–water partition coefficient (Wildman–Crippen LogP) is 4.08. The van der Waals surface area contributed by atoms with Crippen LogP contribution < -0.4 is 0 Å².